The molecule has 0 atom stereocenters. The Labute approximate surface area is 180 Å². The van der Waals surface area contributed by atoms with Crippen LogP contribution in [0.3, 0.4) is 0 Å². The molecule has 0 amide bonds. The summed E-state index contributed by atoms with van der Waals surface area (Å²) >= 11 is 13.0. The zero-order valence-corrected chi connectivity index (χ0v) is 18.6. The normalized spacial score (nSPS) is 10.5. The molecule has 0 saturated carbocycles. The van der Waals surface area contributed by atoms with Crippen molar-refractivity contribution in [3.63, 3.8) is 0 Å². The minimum Gasteiger partial charge on any atom is -0.493 e. The smallest absolute Gasteiger partial charge is 0.162 e. The van der Waals surface area contributed by atoms with Gasteiger partial charge < -0.3 is 14.8 Å². The maximum absolute atomic E-state index is 5.94. The molecule has 27 heavy (non-hydrogen) atoms. The third-order valence-corrected chi connectivity index (χ3v) is 5.49. The zero-order chi connectivity index (χ0) is 19.2. The molecule has 0 unspecified atom stereocenters. The molecule has 3 aromatic rings. The summed E-state index contributed by atoms with van der Waals surface area (Å²) in [5.74, 6) is 1.38. The van der Waals surface area contributed by atoms with Crippen LogP contribution in [-0.4, -0.2) is 7.11 Å². The van der Waals surface area contributed by atoms with Crippen molar-refractivity contribution in [3.8, 4) is 11.5 Å². The van der Waals surface area contributed by atoms with E-state index in [2.05, 4.69) is 37.2 Å². The lowest BCUT2D eigenvalue weighted by molar-refractivity contribution is 0.284. The minimum atomic E-state index is 0.441. The molecule has 0 fully saturated rings. The van der Waals surface area contributed by atoms with Crippen molar-refractivity contribution in [2.24, 2.45) is 0 Å². The Balaban J connectivity index is 1.70. The highest BCUT2D eigenvalue weighted by molar-refractivity contribution is 9.10. The van der Waals surface area contributed by atoms with Crippen LogP contribution in [0.5, 0.6) is 11.5 Å². The first-order valence-corrected chi connectivity index (χ1v) is 10.2. The third kappa shape index (κ3) is 5.64. The van der Waals surface area contributed by atoms with E-state index < -0.39 is 0 Å². The molecular formula is C21H18Br2ClNO2. The molecule has 3 aromatic carbocycles. The van der Waals surface area contributed by atoms with Crippen molar-refractivity contribution >= 4 is 49.1 Å². The number of methoxy groups -OCH3 is 1. The van der Waals surface area contributed by atoms with Crippen LogP contribution in [0.25, 0.3) is 0 Å². The molecule has 3 rings (SSSR count). The fourth-order valence-electron chi connectivity index (χ4n) is 2.49. The van der Waals surface area contributed by atoms with Gasteiger partial charge in [-0.25, -0.2) is 0 Å². The van der Waals surface area contributed by atoms with Crippen LogP contribution in [0, 0.1) is 0 Å². The molecule has 0 aliphatic rings. The first-order chi connectivity index (χ1) is 13.0. The standard InChI is InChI=1S/C21H18Br2ClNO2/c1-26-20-10-15(12-25-18-8-4-16(22)5-9-18)19(23)11-21(20)27-13-14-2-6-17(24)7-3-14/h2-11,25H,12-13H2,1H3. The van der Waals surface area contributed by atoms with E-state index in [0.717, 1.165) is 25.8 Å². The van der Waals surface area contributed by atoms with Crippen LogP contribution >= 0.6 is 43.5 Å². The van der Waals surface area contributed by atoms with E-state index in [1.165, 1.54) is 0 Å². The lowest BCUT2D eigenvalue weighted by Crippen LogP contribution is -2.03. The number of ether oxygens (including phenoxy) is 2. The van der Waals surface area contributed by atoms with E-state index in [4.69, 9.17) is 21.1 Å². The Morgan fingerprint density at radius 2 is 1.63 bits per heavy atom. The SMILES string of the molecule is COc1cc(CNc2ccc(Br)cc2)c(Br)cc1OCc1ccc(Cl)cc1. The molecule has 3 nitrogen and oxygen atoms in total. The molecular weight excluding hydrogens is 493 g/mol. The maximum Gasteiger partial charge on any atom is 0.162 e. The summed E-state index contributed by atoms with van der Waals surface area (Å²) < 4.78 is 13.5. The van der Waals surface area contributed by atoms with Gasteiger partial charge in [0.15, 0.2) is 11.5 Å². The number of anilines is 1. The van der Waals surface area contributed by atoms with Crippen molar-refractivity contribution in [3.05, 3.63) is 85.8 Å². The number of benzene rings is 3. The van der Waals surface area contributed by atoms with Gasteiger partial charge in [0, 0.05) is 26.2 Å². The molecule has 140 valence electrons. The quantitative estimate of drug-likeness (QED) is 0.368. The second-order valence-corrected chi connectivity index (χ2v) is 8.08. The zero-order valence-electron chi connectivity index (χ0n) is 14.6. The minimum absolute atomic E-state index is 0.441. The molecule has 0 bridgehead atoms. The van der Waals surface area contributed by atoms with Gasteiger partial charge in [0.2, 0.25) is 0 Å². The summed E-state index contributed by atoms with van der Waals surface area (Å²) in [5, 5.41) is 4.11. The number of halogens is 3. The summed E-state index contributed by atoms with van der Waals surface area (Å²) in [6.45, 7) is 1.10. The van der Waals surface area contributed by atoms with Gasteiger partial charge in [-0.1, -0.05) is 55.6 Å². The van der Waals surface area contributed by atoms with E-state index in [-0.39, 0.29) is 0 Å². The van der Waals surface area contributed by atoms with Gasteiger partial charge in [-0.2, -0.15) is 0 Å². The van der Waals surface area contributed by atoms with Crippen molar-refractivity contribution < 1.29 is 9.47 Å². The number of rotatable bonds is 7. The second kappa shape index (κ2) is 9.49. The highest BCUT2D eigenvalue weighted by atomic mass is 79.9. The molecule has 0 heterocycles. The Morgan fingerprint density at radius 1 is 0.926 bits per heavy atom. The fourth-order valence-corrected chi connectivity index (χ4v) is 3.34. The molecule has 1 N–H and O–H groups in total. The monoisotopic (exact) mass is 509 g/mol. The fraction of sp³-hybridized carbons (Fsp3) is 0.143. The topological polar surface area (TPSA) is 30.5 Å². The van der Waals surface area contributed by atoms with Crippen molar-refractivity contribution in [2.45, 2.75) is 13.2 Å². The van der Waals surface area contributed by atoms with Crippen molar-refractivity contribution in [1.29, 1.82) is 0 Å². The van der Waals surface area contributed by atoms with Crippen molar-refractivity contribution in [2.75, 3.05) is 12.4 Å². The van der Waals surface area contributed by atoms with E-state index in [0.29, 0.717) is 29.7 Å². The second-order valence-electron chi connectivity index (χ2n) is 5.87. The predicted molar refractivity (Wildman–Crippen MR) is 118 cm³/mol. The van der Waals surface area contributed by atoms with Crippen molar-refractivity contribution in [1.82, 2.24) is 0 Å². The Bertz CT molecular complexity index is 899. The number of hydrogen-bond acceptors (Lipinski definition) is 3. The van der Waals surface area contributed by atoms with E-state index >= 15 is 0 Å². The van der Waals surface area contributed by atoms with Gasteiger partial charge in [0.1, 0.15) is 6.61 Å². The lowest BCUT2D eigenvalue weighted by Gasteiger charge is -2.15. The Morgan fingerprint density at radius 3 is 2.30 bits per heavy atom. The van der Waals surface area contributed by atoms with Crippen LogP contribution < -0.4 is 14.8 Å². The van der Waals surface area contributed by atoms with Crippen LogP contribution in [-0.2, 0) is 13.2 Å². The van der Waals surface area contributed by atoms with Crippen LogP contribution in [0.4, 0.5) is 5.69 Å². The van der Waals surface area contributed by atoms with Gasteiger partial charge >= 0.3 is 0 Å². The van der Waals surface area contributed by atoms with Gasteiger partial charge in [-0.3, -0.25) is 0 Å². The van der Waals surface area contributed by atoms with Gasteiger partial charge in [0.05, 0.1) is 7.11 Å². The average molecular weight is 512 g/mol. The van der Waals surface area contributed by atoms with E-state index in [1.54, 1.807) is 7.11 Å². The average Bonchev–Trinajstić information content (AvgIpc) is 2.68. The summed E-state index contributed by atoms with van der Waals surface area (Å²) in [6, 6.07) is 19.6. The summed E-state index contributed by atoms with van der Waals surface area (Å²) in [6.07, 6.45) is 0. The predicted octanol–water partition coefficient (Wildman–Crippen LogP) is 7.06. The molecule has 0 aliphatic carbocycles. The van der Waals surface area contributed by atoms with E-state index in [9.17, 15) is 0 Å². The van der Waals surface area contributed by atoms with Crippen LogP contribution in [0.2, 0.25) is 5.02 Å². The summed E-state index contributed by atoms with van der Waals surface area (Å²) in [4.78, 5) is 0. The Kier molecular flexibility index (Phi) is 7.05. The molecule has 0 spiro atoms. The highest BCUT2D eigenvalue weighted by Gasteiger charge is 2.11. The number of hydrogen-bond donors (Lipinski definition) is 1. The maximum atomic E-state index is 5.94. The first-order valence-electron chi connectivity index (χ1n) is 8.28. The van der Waals surface area contributed by atoms with E-state index in [1.807, 2.05) is 60.7 Å². The summed E-state index contributed by atoms with van der Waals surface area (Å²) in [5.41, 5.74) is 3.17. The van der Waals surface area contributed by atoms with Gasteiger partial charge in [-0.05, 0) is 59.7 Å². The van der Waals surface area contributed by atoms with Crippen LogP contribution in [0.1, 0.15) is 11.1 Å². The highest BCUT2D eigenvalue weighted by Crippen LogP contribution is 2.34. The molecule has 0 saturated heterocycles. The first kappa shape index (κ1) is 20.1. The molecule has 0 aliphatic heterocycles. The third-order valence-electron chi connectivity index (χ3n) is 3.97. The van der Waals surface area contributed by atoms with Gasteiger partial charge in [-0.15, -0.1) is 0 Å². The lowest BCUT2D eigenvalue weighted by atomic mass is 10.2. The van der Waals surface area contributed by atoms with Crippen LogP contribution in [0.15, 0.2) is 69.6 Å². The molecule has 0 aromatic heterocycles. The van der Waals surface area contributed by atoms with Gasteiger partial charge in [0.25, 0.3) is 0 Å². The largest absolute Gasteiger partial charge is 0.493 e. The molecule has 6 heteroatoms. The Hall–Kier alpha value is -1.69. The molecule has 0 radical (unpaired) electrons. The number of nitrogens with one attached hydrogen (secondary N) is 1. The summed E-state index contributed by atoms with van der Waals surface area (Å²) in [7, 11) is 1.64.